The van der Waals surface area contributed by atoms with Gasteiger partial charge in [-0.05, 0) is 42.0 Å². The molecule has 2 aromatic heterocycles. The lowest BCUT2D eigenvalue weighted by Gasteiger charge is -2.05. The molecule has 4 aromatic rings. The van der Waals surface area contributed by atoms with Crippen molar-refractivity contribution in [2.24, 2.45) is 0 Å². The van der Waals surface area contributed by atoms with Gasteiger partial charge in [0.15, 0.2) is 5.65 Å². The van der Waals surface area contributed by atoms with Crippen LogP contribution in [-0.4, -0.2) is 20.1 Å². The van der Waals surface area contributed by atoms with Crippen molar-refractivity contribution in [1.29, 1.82) is 0 Å². The van der Waals surface area contributed by atoms with Crippen LogP contribution in [0.4, 0.5) is 0 Å². The van der Waals surface area contributed by atoms with Crippen molar-refractivity contribution in [3.05, 3.63) is 84.2 Å². The van der Waals surface area contributed by atoms with Crippen molar-refractivity contribution in [2.75, 3.05) is 0 Å². The van der Waals surface area contributed by atoms with Gasteiger partial charge in [0, 0.05) is 17.7 Å². The zero-order valence-electron chi connectivity index (χ0n) is 12.9. The molecule has 116 valence electrons. The average molecular weight is 313 g/mol. The number of aromatic hydroxyl groups is 1. The third-order valence-electron chi connectivity index (χ3n) is 3.86. The van der Waals surface area contributed by atoms with Gasteiger partial charge in [-0.2, -0.15) is 0 Å². The number of phenols is 1. The summed E-state index contributed by atoms with van der Waals surface area (Å²) >= 11 is 0. The third kappa shape index (κ3) is 2.94. The Kier molecular flexibility index (Phi) is 3.63. The monoisotopic (exact) mass is 313 g/mol. The predicted octanol–water partition coefficient (Wildman–Crippen LogP) is 3.99. The Morgan fingerprint density at radius 3 is 2.38 bits per heavy atom. The summed E-state index contributed by atoms with van der Waals surface area (Å²) in [5.74, 6) is 0.232. The Bertz CT molecular complexity index is 983. The molecule has 0 aliphatic carbocycles. The van der Waals surface area contributed by atoms with Gasteiger partial charge in [-0.15, -0.1) is 0 Å². The number of hydrogen-bond acceptors (Lipinski definition) is 4. The molecule has 0 fully saturated rings. The first-order valence-electron chi connectivity index (χ1n) is 7.74. The van der Waals surface area contributed by atoms with Crippen LogP contribution in [0.5, 0.6) is 5.75 Å². The molecule has 2 heterocycles. The first-order valence-corrected chi connectivity index (χ1v) is 7.74. The number of hydrogen-bond donors (Lipinski definition) is 1. The van der Waals surface area contributed by atoms with Gasteiger partial charge in [-0.1, -0.05) is 30.3 Å². The van der Waals surface area contributed by atoms with Crippen molar-refractivity contribution in [1.82, 2.24) is 15.0 Å². The molecule has 0 bridgehead atoms. The fourth-order valence-electron chi connectivity index (χ4n) is 2.61. The van der Waals surface area contributed by atoms with Crippen LogP contribution in [0.15, 0.2) is 72.9 Å². The van der Waals surface area contributed by atoms with Crippen molar-refractivity contribution < 1.29 is 5.11 Å². The van der Waals surface area contributed by atoms with Gasteiger partial charge in [-0.25, -0.2) is 9.97 Å². The summed E-state index contributed by atoms with van der Waals surface area (Å²) in [7, 11) is 0. The highest BCUT2D eigenvalue weighted by molar-refractivity contribution is 5.73. The largest absolute Gasteiger partial charge is 0.508 e. The van der Waals surface area contributed by atoms with E-state index >= 15 is 0 Å². The Labute approximate surface area is 139 Å². The van der Waals surface area contributed by atoms with Crippen molar-refractivity contribution in [3.8, 4) is 17.0 Å². The molecule has 0 atom stereocenters. The highest BCUT2D eigenvalue weighted by Crippen LogP contribution is 2.21. The summed E-state index contributed by atoms with van der Waals surface area (Å²) in [5, 5.41) is 9.40. The molecule has 0 aliphatic rings. The van der Waals surface area contributed by atoms with E-state index < -0.39 is 0 Å². The summed E-state index contributed by atoms with van der Waals surface area (Å²) in [6.07, 6.45) is 2.50. The molecule has 4 nitrogen and oxygen atoms in total. The van der Waals surface area contributed by atoms with Crippen LogP contribution in [0.25, 0.3) is 22.4 Å². The van der Waals surface area contributed by atoms with E-state index in [0.717, 1.165) is 28.9 Å². The molecular formula is C20H15N3O. The Balaban J connectivity index is 1.71. The first kappa shape index (κ1) is 14.3. The summed E-state index contributed by atoms with van der Waals surface area (Å²) in [6, 6.07) is 21.1. The highest BCUT2D eigenvalue weighted by Gasteiger charge is 2.06. The second-order valence-electron chi connectivity index (χ2n) is 5.61. The van der Waals surface area contributed by atoms with Crippen LogP contribution in [-0.2, 0) is 6.42 Å². The number of fused-ring (bicyclic) bond motifs is 1. The number of phenolic OH excluding ortho intramolecular Hbond substituents is 1. The minimum Gasteiger partial charge on any atom is -0.508 e. The first-order chi connectivity index (χ1) is 11.8. The minimum atomic E-state index is 0.232. The number of benzene rings is 2. The van der Waals surface area contributed by atoms with Crippen molar-refractivity contribution in [3.63, 3.8) is 0 Å². The predicted molar refractivity (Wildman–Crippen MR) is 93.7 cm³/mol. The highest BCUT2D eigenvalue weighted by atomic mass is 16.3. The van der Waals surface area contributed by atoms with Gasteiger partial charge < -0.3 is 5.11 Å². The maximum atomic E-state index is 9.40. The lowest BCUT2D eigenvalue weighted by Crippen LogP contribution is -1.96. The zero-order chi connectivity index (χ0) is 16.4. The van der Waals surface area contributed by atoms with E-state index in [2.05, 4.69) is 27.1 Å². The molecule has 0 radical (unpaired) electrons. The Morgan fingerprint density at radius 1 is 0.792 bits per heavy atom. The van der Waals surface area contributed by atoms with Crippen LogP contribution in [0.3, 0.4) is 0 Å². The fraction of sp³-hybridized carbons (Fsp3) is 0.0500. The second-order valence-corrected chi connectivity index (χ2v) is 5.61. The van der Waals surface area contributed by atoms with E-state index in [1.807, 2.05) is 42.5 Å². The molecular weight excluding hydrogens is 298 g/mol. The summed E-state index contributed by atoms with van der Waals surface area (Å²) in [4.78, 5) is 13.7. The number of rotatable bonds is 3. The van der Waals surface area contributed by atoms with E-state index in [4.69, 9.17) is 0 Å². The van der Waals surface area contributed by atoms with E-state index in [-0.39, 0.29) is 5.75 Å². The fourth-order valence-corrected chi connectivity index (χ4v) is 2.61. The molecule has 24 heavy (non-hydrogen) atoms. The van der Waals surface area contributed by atoms with Crippen LogP contribution in [0, 0.1) is 0 Å². The van der Waals surface area contributed by atoms with Crippen molar-refractivity contribution in [2.45, 2.75) is 6.42 Å². The molecule has 0 saturated heterocycles. The zero-order valence-corrected chi connectivity index (χ0v) is 12.9. The molecule has 0 unspecified atom stereocenters. The lowest BCUT2D eigenvalue weighted by molar-refractivity contribution is 0.475. The van der Waals surface area contributed by atoms with Crippen LogP contribution < -0.4 is 0 Å². The number of aromatic nitrogens is 3. The summed E-state index contributed by atoms with van der Waals surface area (Å²) < 4.78 is 0. The van der Waals surface area contributed by atoms with E-state index in [1.54, 1.807) is 18.3 Å². The molecule has 4 heteroatoms. The maximum Gasteiger partial charge on any atom is 0.179 e. The molecule has 0 saturated carbocycles. The molecule has 0 aliphatic heterocycles. The molecule has 0 spiro atoms. The minimum absolute atomic E-state index is 0.232. The second kappa shape index (κ2) is 6.08. The number of nitrogens with zero attached hydrogens (tertiary/aromatic N) is 3. The smallest absolute Gasteiger partial charge is 0.179 e. The lowest BCUT2D eigenvalue weighted by atomic mass is 10.1. The van der Waals surface area contributed by atoms with Crippen LogP contribution >= 0.6 is 0 Å². The normalized spacial score (nSPS) is 10.8. The van der Waals surface area contributed by atoms with E-state index in [9.17, 15) is 5.11 Å². The van der Waals surface area contributed by atoms with Gasteiger partial charge in [0.05, 0.1) is 11.9 Å². The van der Waals surface area contributed by atoms with Gasteiger partial charge in [0.2, 0.25) is 0 Å². The summed E-state index contributed by atoms with van der Waals surface area (Å²) in [6.45, 7) is 0. The Hall–Kier alpha value is -3.27. The maximum absolute atomic E-state index is 9.40. The topological polar surface area (TPSA) is 58.9 Å². The van der Waals surface area contributed by atoms with Crippen molar-refractivity contribution >= 4 is 11.2 Å². The van der Waals surface area contributed by atoms with E-state index in [0.29, 0.717) is 5.65 Å². The van der Waals surface area contributed by atoms with Crippen LogP contribution in [0.1, 0.15) is 11.3 Å². The molecule has 4 rings (SSSR count). The third-order valence-corrected chi connectivity index (χ3v) is 3.86. The van der Waals surface area contributed by atoms with Gasteiger partial charge >= 0.3 is 0 Å². The molecule has 1 N–H and O–H groups in total. The van der Waals surface area contributed by atoms with Gasteiger partial charge in [-0.3, -0.25) is 4.98 Å². The van der Waals surface area contributed by atoms with Gasteiger partial charge in [0.25, 0.3) is 0 Å². The molecule has 2 aromatic carbocycles. The standard InChI is InChI=1S/C20H15N3O/c24-17-9-6-15(7-10-17)19-13-21-18-11-8-16(22-20(18)23-19)12-14-4-2-1-3-5-14/h1-11,13,24H,12H2. The quantitative estimate of drug-likeness (QED) is 0.621. The SMILES string of the molecule is Oc1ccc(-c2cnc3ccc(Cc4ccccc4)nc3n2)cc1. The van der Waals surface area contributed by atoms with Crippen LogP contribution in [0.2, 0.25) is 0 Å². The number of pyridine rings is 1. The summed E-state index contributed by atoms with van der Waals surface area (Å²) in [5.41, 5.74) is 5.23. The van der Waals surface area contributed by atoms with Gasteiger partial charge in [0.1, 0.15) is 11.3 Å². The molecule has 0 amide bonds. The van der Waals surface area contributed by atoms with E-state index in [1.165, 1.54) is 5.56 Å². The average Bonchev–Trinajstić information content (AvgIpc) is 2.63. The Morgan fingerprint density at radius 2 is 1.58 bits per heavy atom.